The normalized spacial score (nSPS) is 14.8. The number of aryl methyl sites for hydroxylation is 1. The van der Waals surface area contributed by atoms with E-state index >= 15 is 0 Å². The average molecular weight is 449 g/mol. The number of hydrogen-bond acceptors (Lipinski definition) is 4. The second-order valence-electron chi connectivity index (χ2n) is 8.52. The maximum atomic E-state index is 13.9. The van der Waals surface area contributed by atoms with E-state index in [4.69, 9.17) is 4.99 Å². The van der Waals surface area contributed by atoms with Crippen molar-refractivity contribution in [3.63, 3.8) is 0 Å². The van der Waals surface area contributed by atoms with Crippen molar-refractivity contribution in [3.8, 4) is 22.4 Å². The number of pyridine rings is 2. The van der Waals surface area contributed by atoms with Gasteiger partial charge in [-0.25, -0.2) is 4.39 Å². The molecule has 168 valence electrons. The molecule has 0 bridgehead atoms. The first-order valence-electron chi connectivity index (χ1n) is 11.3. The van der Waals surface area contributed by atoms with Crippen LogP contribution in [0.5, 0.6) is 0 Å². The average Bonchev–Trinajstić information content (AvgIpc) is 3.03. The number of aromatic nitrogens is 2. The number of allylic oxidation sites excluding steroid dienone is 1. The van der Waals surface area contributed by atoms with E-state index in [9.17, 15) is 4.39 Å². The van der Waals surface area contributed by atoms with Crippen LogP contribution in [0.25, 0.3) is 28.1 Å². The molecule has 0 spiro atoms. The second-order valence-corrected chi connectivity index (χ2v) is 8.52. The van der Waals surface area contributed by atoms with Gasteiger partial charge in [0.05, 0.1) is 11.4 Å². The molecule has 0 fully saturated rings. The van der Waals surface area contributed by atoms with E-state index in [1.807, 2.05) is 36.5 Å². The van der Waals surface area contributed by atoms with Crippen molar-refractivity contribution in [1.29, 1.82) is 0 Å². The Hall–Kier alpha value is -4.12. The minimum absolute atomic E-state index is 0.201. The number of aliphatic imine (C=N–C) groups is 1. The molecule has 1 aliphatic heterocycles. The number of hydrogen-bond donors (Lipinski definition) is 1. The maximum absolute atomic E-state index is 13.9. The molecular weight excluding hydrogens is 423 g/mol. The lowest BCUT2D eigenvalue weighted by atomic mass is 9.95. The fourth-order valence-electron chi connectivity index (χ4n) is 4.14. The minimum atomic E-state index is -0.215. The highest BCUT2D eigenvalue weighted by atomic mass is 19.1. The lowest BCUT2D eigenvalue weighted by molar-refractivity contribution is 0.619. The molecule has 1 N–H and O–H groups in total. The summed E-state index contributed by atoms with van der Waals surface area (Å²) in [4.78, 5) is 13.5. The summed E-state index contributed by atoms with van der Waals surface area (Å²) in [5, 5.41) is 3.60. The first kappa shape index (κ1) is 21.7. The summed E-state index contributed by atoms with van der Waals surface area (Å²) >= 11 is 0. The van der Waals surface area contributed by atoms with Gasteiger partial charge in [0.25, 0.3) is 0 Å². The smallest absolute Gasteiger partial charge is 0.126 e. The molecule has 0 aliphatic carbocycles. The standard InChI is InChI=1S/C29H25FN4/c1-19-14-28(34-18-21-9-12-31-13-10-21)25-16-22(6-8-27(25)33-17-19)24-4-3-11-32-29(24)23-5-7-26(30)20(2)15-23/h3-17,19,34H,18H2,1-2H3. The third-order valence-corrected chi connectivity index (χ3v) is 5.95. The van der Waals surface area contributed by atoms with Crippen LogP contribution >= 0.6 is 0 Å². The zero-order valence-corrected chi connectivity index (χ0v) is 19.2. The summed E-state index contributed by atoms with van der Waals surface area (Å²) < 4.78 is 13.9. The summed E-state index contributed by atoms with van der Waals surface area (Å²) in [6, 6.07) is 19.4. The Morgan fingerprint density at radius 1 is 0.912 bits per heavy atom. The lowest BCUT2D eigenvalue weighted by Gasteiger charge is -2.16. The SMILES string of the molecule is Cc1cc(-c2ncccc2-c2ccc3c(c2)C(NCc2ccncc2)=CC(C)C=N3)ccc1F. The first-order valence-corrected chi connectivity index (χ1v) is 11.3. The highest BCUT2D eigenvalue weighted by molar-refractivity contribution is 5.88. The number of fused-ring (bicyclic) bond motifs is 1. The molecule has 4 nitrogen and oxygen atoms in total. The van der Waals surface area contributed by atoms with Gasteiger partial charge in [-0.15, -0.1) is 0 Å². The van der Waals surface area contributed by atoms with Crippen LogP contribution in [0.1, 0.15) is 23.6 Å². The highest BCUT2D eigenvalue weighted by Gasteiger charge is 2.16. The predicted octanol–water partition coefficient (Wildman–Crippen LogP) is 6.74. The van der Waals surface area contributed by atoms with E-state index < -0.39 is 0 Å². The van der Waals surface area contributed by atoms with Crippen LogP contribution in [0, 0.1) is 18.7 Å². The van der Waals surface area contributed by atoms with Gasteiger partial charge in [0.15, 0.2) is 0 Å². The van der Waals surface area contributed by atoms with E-state index in [1.54, 1.807) is 31.6 Å². The third-order valence-electron chi connectivity index (χ3n) is 5.95. The quantitative estimate of drug-likeness (QED) is 0.368. The topological polar surface area (TPSA) is 50.2 Å². The van der Waals surface area contributed by atoms with Crippen molar-refractivity contribution < 1.29 is 4.39 Å². The van der Waals surface area contributed by atoms with E-state index in [-0.39, 0.29) is 11.7 Å². The number of halogens is 1. The monoisotopic (exact) mass is 448 g/mol. The molecule has 0 radical (unpaired) electrons. The van der Waals surface area contributed by atoms with Gasteiger partial charge >= 0.3 is 0 Å². The Balaban J connectivity index is 1.56. The van der Waals surface area contributed by atoms with E-state index in [0.717, 1.165) is 44.9 Å². The molecule has 3 heterocycles. The Morgan fingerprint density at radius 2 is 1.74 bits per heavy atom. The molecule has 1 aliphatic rings. The zero-order chi connectivity index (χ0) is 23.5. The summed E-state index contributed by atoms with van der Waals surface area (Å²) in [6.45, 7) is 4.59. The number of nitrogens with one attached hydrogen (secondary N) is 1. The summed E-state index contributed by atoms with van der Waals surface area (Å²) in [6.07, 6.45) is 9.55. The Bertz CT molecular complexity index is 1390. The predicted molar refractivity (Wildman–Crippen MR) is 136 cm³/mol. The number of nitrogens with zero attached hydrogens (tertiary/aromatic N) is 3. The van der Waals surface area contributed by atoms with Gasteiger partial charge in [-0.05, 0) is 72.1 Å². The van der Waals surface area contributed by atoms with Crippen molar-refractivity contribution in [2.45, 2.75) is 20.4 Å². The van der Waals surface area contributed by atoms with E-state index in [2.05, 4.69) is 46.5 Å². The van der Waals surface area contributed by atoms with Crippen LogP contribution in [-0.2, 0) is 6.54 Å². The van der Waals surface area contributed by atoms with E-state index in [0.29, 0.717) is 12.1 Å². The van der Waals surface area contributed by atoms with Crippen molar-refractivity contribution in [1.82, 2.24) is 15.3 Å². The lowest BCUT2D eigenvalue weighted by Crippen LogP contribution is -2.13. The van der Waals surface area contributed by atoms with Crippen LogP contribution in [0.4, 0.5) is 10.1 Å². The van der Waals surface area contributed by atoms with Gasteiger partial charge in [0.2, 0.25) is 0 Å². The Kier molecular flexibility index (Phi) is 6.00. The summed E-state index contributed by atoms with van der Waals surface area (Å²) in [5.74, 6) is -0.0137. The van der Waals surface area contributed by atoms with Crippen LogP contribution in [0.3, 0.4) is 0 Å². The zero-order valence-electron chi connectivity index (χ0n) is 19.2. The van der Waals surface area contributed by atoms with Gasteiger partial charge in [0.1, 0.15) is 5.82 Å². The Labute approximate surface area is 199 Å². The summed E-state index contributed by atoms with van der Waals surface area (Å²) in [7, 11) is 0. The van der Waals surface area contributed by atoms with Crippen molar-refractivity contribution in [3.05, 3.63) is 108 Å². The van der Waals surface area contributed by atoms with Crippen LogP contribution < -0.4 is 5.32 Å². The molecule has 34 heavy (non-hydrogen) atoms. The Morgan fingerprint density at radius 3 is 2.56 bits per heavy atom. The molecule has 2 aromatic heterocycles. The summed E-state index contributed by atoms with van der Waals surface area (Å²) in [5.41, 5.74) is 8.51. The molecule has 0 saturated carbocycles. The van der Waals surface area contributed by atoms with Crippen molar-refractivity contribution in [2.75, 3.05) is 0 Å². The van der Waals surface area contributed by atoms with Crippen molar-refractivity contribution >= 4 is 17.6 Å². The molecule has 1 atom stereocenters. The van der Waals surface area contributed by atoms with Gasteiger partial charge in [0, 0.05) is 59.7 Å². The molecule has 1 unspecified atom stereocenters. The number of rotatable bonds is 5. The molecule has 4 aromatic rings. The van der Waals surface area contributed by atoms with Gasteiger partial charge in [-0.2, -0.15) is 0 Å². The van der Waals surface area contributed by atoms with Crippen molar-refractivity contribution in [2.24, 2.45) is 10.9 Å². The highest BCUT2D eigenvalue weighted by Crippen LogP contribution is 2.36. The minimum Gasteiger partial charge on any atom is -0.381 e. The van der Waals surface area contributed by atoms with Gasteiger partial charge in [-0.1, -0.05) is 25.1 Å². The molecule has 0 saturated heterocycles. The molecule has 5 heteroatoms. The molecule has 2 aromatic carbocycles. The second kappa shape index (κ2) is 9.40. The van der Waals surface area contributed by atoms with Crippen LogP contribution in [0.2, 0.25) is 0 Å². The largest absolute Gasteiger partial charge is 0.381 e. The number of benzene rings is 2. The fourth-order valence-corrected chi connectivity index (χ4v) is 4.14. The fraction of sp³-hybridized carbons (Fsp3) is 0.138. The maximum Gasteiger partial charge on any atom is 0.126 e. The molecule has 0 amide bonds. The van der Waals surface area contributed by atoms with Gasteiger partial charge in [-0.3, -0.25) is 15.0 Å². The first-order chi connectivity index (χ1) is 16.6. The van der Waals surface area contributed by atoms with Crippen LogP contribution in [0.15, 0.2) is 90.3 Å². The van der Waals surface area contributed by atoms with Gasteiger partial charge < -0.3 is 5.32 Å². The van der Waals surface area contributed by atoms with E-state index in [1.165, 1.54) is 6.07 Å². The van der Waals surface area contributed by atoms with Crippen LogP contribution in [-0.4, -0.2) is 16.2 Å². The molecule has 5 rings (SSSR count). The molecular formula is C29H25FN4. The third kappa shape index (κ3) is 4.50.